The zero-order chi connectivity index (χ0) is 13.8. The third-order valence-corrected chi connectivity index (χ3v) is 2.61. The molecular weight excluding hydrogens is 238 g/mol. The molecule has 0 aliphatic carbocycles. The van der Waals surface area contributed by atoms with Crippen molar-refractivity contribution in [3.63, 3.8) is 0 Å². The van der Waals surface area contributed by atoms with Crippen molar-refractivity contribution in [1.82, 2.24) is 5.32 Å². The molecule has 0 radical (unpaired) electrons. The van der Waals surface area contributed by atoms with E-state index in [-0.39, 0.29) is 0 Å². The summed E-state index contributed by atoms with van der Waals surface area (Å²) in [6.45, 7) is 9.76. The standard InChI is InChI=1S/C16H25NO2/c1-3-5-12-18-13-10-17-14-15-6-8-16(9-7-15)19-11-4-2/h3,6-9,17H,1,4-5,10-14H2,2H3. The Kier molecular flexibility index (Phi) is 8.77. The zero-order valence-electron chi connectivity index (χ0n) is 11.9. The van der Waals surface area contributed by atoms with Crippen molar-refractivity contribution in [2.24, 2.45) is 0 Å². The topological polar surface area (TPSA) is 30.5 Å². The van der Waals surface area contributed by atoms with Crippen molar-refractivity contribution in [1.29, 1.82) is 0 Å². The number of benzene rings is 1. The lowest BCUT2D eigenvalue weighted by atomic mass is 10.2. The normalized spacial score (nSPS) is 10.4. The quantitative estimate of drug-likeness (QED) is 0.491. The van der Waals surface area contributed by atoms with Crippen LogP contribution >= 0.6 is 0 Å². The first-order valence-corrected chi connectivity index (χ1v) is 6.98. The third-order valence-electron chi connectivity index (χ3n) is 2.61. The van der Waals surface area contributed by atoms with E-state index in [9.17, 15) is 0 Å². The first-order chi connectivity index (χ1) is 9.36. The first-order valence-electron chi connectivity index (χ1n) is 6.98. The van der Waals surface area contributed by atoms with Gasteiger partial charge in [0.05, 0.1) is 19.8 Å². The molecular formula is C16H25NO2. The van der Waals surface area contributed by atoms with E-state index < -0.39 is 0 Å². The molecule has 106 valence electrons. The van der Waals surface area contributed by atoms with Crippen LogP contribution in [0.5, 0.6) is 5.75 Å². The molecule has 0 amide bonds. The number of ether oxygens (including phenoxy) is 2. The van der Waals surface area contributed by atoms with Crippen LogP contribution in [-0.2, 0) is 11.3 Å². The van der Waals surface area contributed by atoms with Crippen LogP contribution in [0.1, 0.15) is 25.3 Å². The summed E-state index contributed by atoms with van der Waals surface area (Å²) in [7, 11) is 0. The molecule has 0 spiro atoms. The Bertz CT molecular complexity index is 335. The van der Waals surface area contributed by atoms with Gasteiger partial charge in [0.2, 0.25) is 0 Å². The van der Waals surface area contributed by atoms with E-state index in [1.54, 1.807) is 0 Å². The number of hydrogen-bond donors (Lipinski definition) is 1. The number of nitrogens with one attached hydrogen (secondary N) is 1. The van der Waals surface area contributed by atoms with Gasteiger partial charge in [0, 0.05) is 13.1 Å². The molecule has 0 aliphatic heterocycles. The first kappa shape index (κ1) is 15.7. The molecule has 0 heterocycles. The highest BCUT2D eigenvalue weighted by Gasteiger charge is 1.95. The van der Waals surface area contributed by atoms with Gasteiger partial charge in [-0.05, 0) is 30.5 Å². The van der Waals surface area contributed by atoms with Crippen LogP contribution in [0, 0.1) is 0 Å². The Labute approximate surface area is 116 Å². The summed E-state index contributed by atoms with van der Waals surface area (Å²) in [5.41, 5.74) is 1.26. The molecule has 0 fully saturated rings. The van der Waals surface area contributed by atoms with Gasteiger partial charge in [-0.25, -0.2) is 0 Å². The molecule has 3 nitrogen and oxygen atoms in total. The smallest absolute Gasteiger partial charge is 0.119 e. The van der Waals surface area contributed by atoms with Gasteiger partial charge in [-0.3, -0.25) is 0 Å². The van der Waals surface area contributed by atoms with E-state index in [2.05, 4.69) is 31.0 Å². The van der Waals surface area contributed by atoms with Gasteiger partial charge >= 0.3 is 0 Å². The van der Waals surface area contributed by atoms with Gasteiger partial charge in [-0.2, -0.15) is 0 Å². The molecule has 3 heteroatoms. The van der Waals surface area contributed by atoms with E-state index in [0.717, 1.165) is 51.5 Å². The lowest BCUT2D eigenvalue weighted by molar-refractivity contribution is 0.140. The second-order valence-electron chi connectivity index (χ2n) is 4.36. The minimum Gasteiger partial charge on any atom is -0.494 e. The van der Waals surface area contributed by atoms with Gasteiger partial charge < -0.3 is 14.8 Å². The Morgan fingerprint density at radius 2 is 1.95 bits per heavy atom. The lowest BCUT2D eigenvalue weighted by Crippen LogP contribution is -2.19. The molecule has 1 aromatic rings. The fourth-order valence-electron chi connectivity index (χ4n) is 1.57. The highest BCUT2D eigenvalue weighted by molar-refractivity contribution is 5.27. The van der Waals surface area contributed by atoms with Crippen LogP contribution in [0.3, 0.4) is 0 Å². The minimum atomic E-state index is 0.742. The molecule has 19 heavy (non-hydrogen) atoms. The summed E-state index contributed by atoms with van der Waals surface area (Å²) in [5, 5.41) is 3.35. The van der Waals surface area contributed by atoms with Gasteiger partial charge in [0.1, 0.15) is 5.75 Å². The maximum absolute atomic E-state index is 5.54. The maximum Gasteiger partial charge on any atom is 0.119 e. The van der Waals surface area contributed by atoms with E-state index in [1.165, 1.54) is 5.56 Å². The fraction of sp³-hybridized carbons (Fsp3) is 0.500. The van der Waals surface area contributed by atoms with Crippen molar-refractivity contribution >= 4 is 0 Å². The minimum absolute atomic E-state index is 0.742. The predicted octanol–water partition coefficient (Wildman–Crippen LogP) is 3.16. The van der Waals surface area contributed by atoms with Crippen molar-refractivity contribution in [2.75, 3.05) is 26.4 Å². The predicted molar refractivity (Wildman–Crippen MR) is 79.6 cm³/mol. The highest BCUT2D eigenvalue weighted by Crippen LogP contribution is 2.12. The van der Waals surface area contributed by atoms with Crippen LogP contribution in [0.4, 0.5) is 0 Å². The molecule has 0 atom stereocenters. The Balaban J connectivity index is 2.10. The van der Waals surface area contributed by atoms with Gasteiger partial charge in [-0.15, -0.1) is 6.58 Å². The maximum atomic E-state index is 5.54. The number of hydrogen-bond acceptors (Lipinski definition) is 3. The fourth-order valence-corrected chi connectivity index (χ4v) is 1.57. The van der Waals surface area contributed by atoms with E-state index in [1.807, 2.05) is 18.2 Å². The molecule has 0 unspecified atom stereocenters. The van der Waals surface area contributed by atoms with E-state index >= 15 is 0 Å². The molecule has 1 rings (SSSR count). The van der Waals surface area contributed by atoms with Crippen LogP contribution in [-0.4, -0.2) is 26.4 Å². The van der Waals surface area contributed by atoms with Crippen LogP contribution in [0.25, 0.3) is 0 Å². The second-order valence-corrected chi connectivity index (χ2v) is 4.36. The Hall–Kier alpha value is -1.32. The molecule has 0 saturated heterocycles. The monoisotopic (exact) mass is 263 g/mol. The van der Waals surface area contributed by atoms with Crippen molar-refractivity contribution in [3.05, 3.63) is 42.5 Å². The third kappa shape index (κ3) is 7.65. The summed E-state index contributed by atoms with van der Waals surface area (Å²) in [6, 6.07) is 8.23. The van der Waals surface area contributed by atoms with E-state index in [4.69, 9.17) is 9.47 Å². The molecule has 1 aromatic carbocycles. The molecule has 0 aliphatic rings. The van der Waals surface area contributed by atoms with Gasteiger partial charge in [-0.1, -0.05) is 25.1 Å². The largest absolute Gasteiger partial charge is 0.494 e. The van der Waals surface area contributed by atoms with Gasteiger partial charge in [0.25, 0.3) is 0 Å². The summed E-state index contributed by atoms with van der Waals surface area (Å²) in [5.74, 6) is 0.943. The average molecular weight is 263 g/mol. The lowest BCUT2D eigenvalue weighted by Gasteiger charge is -2.07. The SMILES string of the molecule is C=CCCOCCNCc1ccc(OCCC)cc1. The van der Waals surface area contributed by atoms with Gasteiger partial charge in [0.15, 0.2) is 0 Å². The zero-order valence-corrected chi connectivity index (χ0v) is 11.9. The summed E-state index contributed by atoms with van der Waals surface area (Å²) < 4.78 is 11.0. The van der Waals surface area contributed by atoms with Crippen LogP contribution in [0.2, 0.25) is 0 Å². The Morgan fingerprint density at radius 3 is 2.63 bits per heavy atom. The van der Waals surface area contributed by atoms with E-state index in [0.29, 0.717) is 0 Å². The molecule has 1 N–H and O–H groups in total. The van der Waals surface area contributed by atoms with Crippen molar-refractivity contribution in [2.45, 2.75) is 26.3 Å². The molecule has 0 bridgehead atoms. The molecule has 0 saturated carbocycles. The van der Waals surface area contributed by atoms with Crippen LogP contribution in [0.15, 0.2) is 36.9 Å². The average Bonchev–Trinajstić information content (AvgIpc) is 2.45. The summed E-state index contributed by atoms with van der Waals surface area (Å²) >= 11 is 0. The summed E-state index contributed by atoms with van der Waals surface area (Å²) in [6.07, 6.45) is 3.82. The molecule has 0 aromatic heterocycles. The van der Waals surface area contributed by atoms with Crippen LogP contribution < -0.4 is 10.1 Å². The second kappa shape index (κ2) is 10.6. The van der Waals surface area contributed by atoms with Crippen molar-refractivity contribution < 1.29 is 9.47 Å². The Morgan fingerprint density at radius 1 is 1.16 bits per heavy atom. The summed E-state index contributed by atoms with van der Waals surface area (Å²) in [4.78, 5) is 0. The number of rotatable bonds is 11. The highest BCUT2D eigenvalue weighted by atomic mass is 16.5. The van der Waals surface area contributed by atoms with Crippen molar-refractivity contribution in [3.8, 4) is 5.75 Å².